The van der Waals surface area contributed by atoms with E-state index in [1.165, 1.54) is 12.2 Å². The monoisotopic (exact) mass is 453 g/mol. The molecule has 1 atom stereocenters. The number of para-hydroxylation sites is 2. The predicted octanol–water partition coefficient (Wildman–Crippen LogP) is 6.63. The van der Waals surface area contributed by atoms with Crippen LogP contribution in [0.2, 0.25) is 0 Å². The van der Waals surface area contributed by atoms with Gasteiger partial charge in [0.1, 0.15) is 5.82 Å². The van der Waals surface area contributed by atoms with E-state index in [-0.39, 0.29) is 6.04 Å². The number of benzene rings is 1. The van der Waals surface area contributed by atoms with E-state index < -0.39 is 11.7 Å². The molecule has 0 saturated heterocycles. The second-order valence-electron chi connectivity index (χ2n) is 7.93. The molecule has 1 unspecified atom stereocenters. The zero-order valence-corrected chi connectivity index (χ0v) is 18.6. The summed E-state index contributed by atoms with van der Waals surface area (Å²) in [5, 5.41) is 8.07. The molecule has 0 saturated carbocycles. The summed E-state index contributed by atoms with van der Waals surface area (Å²) in [6.45, 7) is 4.19. The van der Waals surface area contributed by atoms with Crippen LogP contribution >= 0.6 is 0 Å². The Bertz CT molecular complexity index is 1220. The third-order valence-electron chi connectivity index (χ3n) is 5.51. The highest BCUT2D eigenvalue weighted by molar-refractivity contribution is 5.76. The van der Waals surface area contributed by atoms with Gasteiger partial charge in [0.05, 0.1) is 40.2 Å². The van der Waals surface area contributed by atoms with Crippen LogP contribution in [0.25, 0.3) is 16.6 Å². The average Bonchev–Trinajstić information content (AvgIpc) is 3.23. The van der Waals surface area contributed by atoms with Crippen molar-refractivity contribution in [1.29, 1.82) is 0 Å². The number of fused-ring (bicyclic) bond motifs is 2. The van der Waals surface area contributed by atoms with Crippen LogP contribution in [0.4, 0.5) is 19.0 Å². The number of nitrogens with zero attached hydrogens (tertiary/aromatic N) is 4. The third kappa shape index (κ3) is 5.16. The van der Waals surface area contributed by atoms with Crippen molar-refractivity contribution >= 4 is 22.4 Å². The summed E-state index contributed by atoms with van der Waals surface area (Å²) in [5.74, 6) is 0.657. The first kappa shape index (κ1) is 22.8. The van der Waals surface area contributed by atoms with Crippen molar-refractivity contribution in [3.8, 4) is 0 Å². The van der Waals surface area contributed by atoms with Crippen molar-refractivity contribution in [1.82, 2.24) is 19.7 Å². The molecule has 2 aromatic heterocycles. The molecule has 0 amide bonds. The van der Waals surface area contributed by atoms with Gasteiger partial charge in [0, 0.05) is 12.1 Å². The number of rotatable bonds is 6. The second-order valence-corrected chi connectivity index (χ2v) is 7.93. The molecular formula is C25H26F3N5. The molecule has 1 aliphatic rings. The Kier molecular flexibility index (Phi) is 6.62. The smallest absolute Gasteiger partial charge is 0.360 e. The minimum atomic E-state index is -4.42. The summed E-state index contributed by atoms with van der Waals surface area (Å²) in [7, 11) is 0. The molecule has 0 spiro atoms. The molecule has 8 heteroatoms. The SMILES string of the molecule is C\C=C/C(=C\C(=C\CC)C(F)(F)F)c1cc2n(n1)CCCC2Nc1cnc2ccccc2n1. The van der Waals surface area contributed by atoms with Crippen molar-refractivity contribution in [3.05, 3.63) is 77.8 Å². The number of nitrogens with one attached hydrogen (secondary N) is 1. The van der Waals surface area contributed by atoms with Gasteiger partial charge in [0.25, 0.3) is 0 Å². The van der Waals surface area contributed by atoms with E-state index in [1.807, 2.05) is 35.0 Å². The highest BCUT2D eigenvalue weighted by Crippen LogP contribution is 2.33. The van der Waals surface area contributed by atoms with Crippen LogP contribution in [0.15, 0.2) is 66.4 Å². The van der Waals surface area contributed by atoms with E-state index in [0.29, 0.717) is 23.5 Å². The van der Waals surface area contributed by atoms with Crippen molar-refractivity contribution in [2.75, 3.05) is 5.32 Å². The normalized spacial score (nSPS) is 17.5. The number of allylic oxidation sites excluding steroid dienone is 6. The molecule has 0 bridgehead atoms. The predicted molar refractivity (Wildman–Crippen MR) is 125 cm³/mol. The third-order valence-corrected chi connectivity index (χ3v) is 5.51. The number of halogens is 3. The molecule has 0 fully saturated rings. The fourth-order valence-corrected chi connectivity index (χ4v) is 4.01. The summed E-state index contributed by atoms with van der Waals surface area (Å²) < 4.78 is 42.3. The molecule has 0 radical (unpaired) electrons. The van der Waals surface area contributed by atoms with E-state index >= 15 is 0 Å². The summed E-state index contributed by atoms with van der Waals surface area (Å²) in [4.78, 5) is 9.10. The highest BCUT2D eigenvalue weighted by atomic mass is 19.4. The fourth-order valence-electron chi connectivity index (χ4n) is 4.01. The summed E-state index contributed by atoms with van der Waals surface area (Å²) >= 11 is 0. The number of hydrogen-bond acceptors (Lipinski definition) is 4. The molecule has 1 N–H and O–H groups in total. The summed E-state index contributed by atoms with van der Waals surface area (Å²) in [6.07, 6.45) is 5.12. The number of aromatic nitrogens is 4. The number of alkyl halides is 3. The molecule has 5 nitrogen and oxygen atoms in total. The molecule has 3 heterocycles. The van der Waals surface area contributed by atoms with Crippen LogP contribution < -0.4 is 5.32 Å². The van der Waals surface area contributed by atoms with Gasteiger partial charge in [-0.1, -0.05) is 37.3 Å². The van der Waals surface area contributed by atoms with Gasteiger partial charge in [-0.15, -0.1) is 0 Å². The zero-order valence-electron chi connectivity index (χ0n) is 18.6. The van der Waals surface area contributed by atoms with E-state index in [2.05, 4.69) is 20.4 Å². The van der Waals surface area contributed by atoms with E-state index in [4.69, 9.17) is 0 Å². The number of anilines is 1. The minimum Gasteiger partial charge on any atom is -0.360 e. The first-order chi connectivity index (χ1) is 15.9. The maximum atomic E-state index is 13.5. The van der Waals surface area contributed by atoms with Crippen LogP contribution in [0.5, 0.6) is 0 Å². The molecule has 1 aromatic carbocycles. The van der Waals surface area contributed by atoms with Gasteiger partial charge < -0.3 is 5.32 Å². The number of hydrogen-bond donors (Lipinski definition) is 1. The molecule has 3 aromatic rings. The van der Waals surface area contributed by atoms with Gasteiger partial charge in [0.15, 0.2) is 0 Å². The van der Waals surface area contributed by atoms with Crippen molar-refractivity contribution in [2.24, 2.45) is 0 Å². The molecule has 4 rings (SSSR count). The molecule has 0 aliphatic carbocycles. The van der Waals surface area contributed by atoms with Gasteiger partial charge in [-0.05, 0) is 50.5 Å². The second kappa shape index (κ2) is 9.60. The van der Waals surface area contributed by atoms with Crippen LogP contribution in [-0.4, -0.2) is 25.9 Å². The Hall–Kier alpha value is -3.42. The topological polar surface area (TPSA) is 55.6 Å². The molecule has 1 aliphatic heterocycles. The van der Waals surface area contributed by atoms with Gasteiger partial charge >= 0.3 is 6.18 Å². The standard InChI is InChI=1S/C25H26F3N5/c1-3-8-17(14-18(9-4-2)25(26,27)28)22-15-23-21(12-7-13-33(23)32-22)31-24-16-29-19-10-5-6-11-20(19)30-24/h3,5-6,8-11,14-16,21H,4,7,12-13H2,1-2H3,(H,30,31)/b8-3-,17-14+,18-9-. The van der Waals surface area contributed by atoms with Gasteiger partial charge in [-0.2, -0.15) is 18.3 Å². The van der Waals surface area contributed by atoms with Crippen LogP contribution in [-0.2, 0) is 6.54 Å². The van der Waals surface area contributed by atoms with E-state index in [0.717, 1.165) is 36.1 Å². The Labute approximate surface area is 190 Å². The Morgan fingerprint density at radius 1 is 1.24 bits per heavy atom. The maximum absolute atomic E-state index is 13.5. The first-order valence-corrected chi connectivity index (χ1v) is 11.1. The lowest BCUT2D eigenvalue weighted by Gasteiger charge is -2.24. The van der Waals surface area contributed by atoms with Gasteiger partial charge in [-0.25, -0.2) is 4.98 Å². The Morgan fingerprint density at radius 3 is 2.76 bits per heavy atom. The fraction of sp³-hybridized carbons (Fsp3) is 0.320. The Balaban J connectivity index is 1.66. The zero-order chi connectivity index (χ0) is 23.4. The Morgan fingerprint density at radius 2 is 2.03 bits per heavy atom. The van der Waals surface area contributed by atoms with Gasteiger partial charge in [0.2, 0.25) is 0 Å². The molecule has 172 valence electrons. The lowest BCUT2D eigenvalue weighted by Crippen LogP contribution is -2.22. The van der Waals surface area contributed by atoms with Gasteiger partial charge in [-0.3, -0.25) is 9.67 Å². The molecule has 33 heavy (non-hydrogen) atoms. The van der Waals surface area contributed by atoms with Crippen molar-refractivity contribution < 1.29 is 13.2 Å². The molecular weight excluding hydrogens is 427 g/mol. The highest BCUT2D eigenvalue weighted by Gasteiger charge is 2.32. The minimum absolute atomic E-state index is 0.0596. The van der Waals surface area contributed by atoms with E-state index in [9.17, 15) is 13.2 Å². The van der Waals surface area contributed by atoms with Crippen molar-refractivity contribution in [3.63, 3.8) is 0 Å². The lowest BCUT2D eigenvalue weighted by molar-refractivity contribution is -0.0883. The maximum Gasteiger partial charge on any atom is 0.416 e. The summed E-state index contributed by atoms with van der Waals surface area (Å²) in [6, 6.07) is 9.46. The first-order valence-electron chi connectivity index (χ1n) is 11.1. The van der Waals surface area contributed by atoms with Crippen LogP contribution in [0.1, 0.15) is 50.5 Å². The quantitative estimate of drug-likeness (QED) is 0.426. The van der Waals surface area contributed by atoms with Crippen LogP contribution in [0, 0.1) is 0 Å². The van der Waals surface area contributed by atoms with E-state index in [1.54, 1.807) is 32.2 Å². The van der Waals surface area contributed by atoms with Crippen molar-refractivity contribution in [2.45, 2.75) is 51.9 Å². The largest absolute Gasteiger partial charge is 0.416 e. The number of aryl methyl sites for hydroxylation is 1. The average molecular weight is 454 g/mol. The summed E-state index contributed by atoms with van der Waals surface area (Å²) in [5.41, 5.74) is 2.84. The van der Waals surface area contributed by atoms with Crippen LogP contribution in [0.3, 0.4) is 0 Å². The lowest BCUT2D eigenvalue weighted by atomic mass is 10.0.